The van der Waals surface area contributed by atoms with Gasteiger partial charge in [0.15, 0.2) is 0 Å². The van der Waals surface area contributed by atoms with Crippen molar-refractivity contribution in [3.8, 4) is 11.4 Å². The fraction of sp³-hybridized carbons (Fsp3) is 0. The summed E-state index contributed by atoms with van der Waals surface area (Å²) >= 11 is 1.86. The van der Waals surface area contributed by atoms with E-state index in [0.29, 0.717) is 5.75 Å². The zero-order chi connectivity index (χ0) is 21.9. The molecule has 0 atom stereocenters. The largest absolute Gasteiger partial charge is 0.569 e. The number of fused-ring (bicyclic) bond motifs is 8. The van der Waals surface area contributed by atoms with Crippen LogP contribution in [0, 0.1) is 0 Å². The molecule has 1 N–H and O–H groups in total. The van der Waals surface area contributed by atoms with Crippen LogP contribution in [0.1, 0.15) is 0 Å². The van der Waals surface area contributed by atoms with Gasteiger partial charge < -0.3 is 14.2 Å². The van der Waals surface area contributed by atoms with Gasteiger partial charge in [-0.1, -0.05) is 48.5 Å². The van der Waals surface area contributed by atoms with Gasteiger partial charge in [-0.2, -0.15) is 0 Å². The van der Waals surface area contributed by atoms with Crippen molar-refractivity contribution < 1.29 is 9.68 Å². The van der Waals surface area contributed by atoms with E-state index in [2.05, 4.69) is 83.4 Å². The van der Waals surface area contributed by atoms with E-state index in [9.17, 15) is 0 Å². The normalized spacial score (nSPS) is 11.8. The van der Waals surface area contributed by atoms with Crippen molar-refractivity contribution in [1.82, 2.24) is 4.57 Å². The van der Waals surface area contributed by atoms with E-state index < -0.39 is 0 Å². The summed E-state index contributed by atoms with van der Waals surface area (Å²) in [6.45, 7) is 0. The van der Waals surface area contributed by atoms with Crippen LogP contribution in [0.15, 0.2) is 97.1 Å². The van der Waals surface area contributed by atoms with Gasteiger partial charge in [-0.15, -0.1) is 11.3 Å². The lowest BCUT2D eigenvalue weighted by molar-refractivity contribution is 0.454. The molecule has 155 valence electrons. The first-order valence-corrected chi connectivity index (χ1v) is 11.6. The van der Waals surface area contributed by atoms with Crippen molar-refractivity contribution in [2.45, 2.75) is 0 Å². The SMILES string of the molecule is O[B]Oc1ccc2c(c1)c1cc3ccc4c5ccccc5sc4c3cc1n2-c1ccccc1. The molecule has 3 nitrogen and oxygen atoms in total. The Morgan fingerprint density at radius 2 is 1.48 bits per heavy atom. The standard InChI is InChI=1S/C28H17BNO2S/c31-29-32-19-11-13-25-24(15-19)23-14-17-10-12-21-20-8-4-5-9-27(20)33-28(21)22(17)16-26(23)30(25)18-6-2-1-3-7-18/h1-16,31H. The minimum absolute atomic E-state index is 0.608. The highest BCUT2D eigenvalue weighted by Gasteiger charge is 2.16. The van der Waals surface area contributed by atoms with Crippen LogP contribution < -0.4 is 4.65 Å². The average Bonchev–Trinajstić information content (AvgIpc) is 3.39. The van der Waals surface area contributed by atoms with Gasteiger partial charge in [0.05, 0.1) is 11.0 Å². The van der Waals surface area contributed by atoms with Gasteiger partial charge >= 0.3 is 7.69 Å². The van der Waals surface area contributed by atoms with Gasteiger partial charge in [0.2, 0.25) is 0 Å². The third kappa shape index (κ3) is 2.73. The van der Waals surface area contributed by atoms with E-state index in [1.807, 2.05) is 29.5 Å². The third-order valence-corrected chi connectivity index (χ3v) is 7.64. The van der Waals surface area contributed by atoms with E-state index >= 15 is 0 Å². The van der Waals surface area contributed by atoms with E-state index in [1.54, 1.807) is 0 Å². The second-order valence-corrected chi connectivity index (χ2v) is 9.26. The fourth-order valence-corrected chi connectivity index (χ4v) is 6.22. The highest BCUT2D eigenvalue weighted by Crippen LogP contribution is 2.42. The molecule has 0 aliphatic rings. The molecule has 0 unspecified atom stereocenters. The molecule has 0 saturated carbocycles. The second-order valence-electron chi connectivity index (χ2n) is 8.20. The number of rotatable bonds is 3. The maximum atomic E-state index is 9.14. The summed E-state index contributed by atoms with van der Waals surface area (Å²) in [7, 11) is 0.727. The lowest BCUT2D eigenvalue weighted by atomic mass is 10.0. The summed E-state index contributed by atoms with van der Waals surface area (Å²) < 4.78 is 10.2. The highest BCUT2D eigenvalue weighted by molar-refractivity contribution is 7.26. The Morgan fingerprint density at radius 1 is 0.667 bits per heavy atom. The summed E-state index contributed by atoms with van der Waals surface area (Å²) in [6, 6.07) is 34.1. The van der Waals surface area contributed by atoms with E-state index in [0.717, 1.165) is 35.2 Å². The van der Waals surface area contributed by atoms with E-state index in [1.165, 1.54) is 30.9 Å². The lowest BCUT2D eigenvalue weighted by Gasteiger charge is -2.09. The zero-order valence-corrected chi connectivity index (χ0v) is 18.3. The first-order valence-electron chi connectivity index (χ1n) is 10.8. The smallest absolute Gasteiger partial charge is 0.537 e. The molecular weight excluding hydrogens is 425 g/mol. The predicted octanol–water partition coefficient (Wildman–Crippen LogP) is 7.21. The monoisotopic (exact) mass is 442 g/mol. The molecule has 0 aliphatic carbocycles. The molecule has 0 aliphatic heterocycles. The van der Waals surface area contributed by atoms with Gasteiger partial charge in [0.25, 0.3) is 0 Å². The van der Waals surface area contributed by atoms with Crippen LogP contribution in [-0.4, -0.2) is 17.3 Å². The minimum atomic E-state index is 0.608. The maximum absolute atomic E-state index is 9.14. The second kappa shape index (κ2) is 7.10. The molecule has 1 radical (unpaired) electrons. The Kier molecular flexibility index (Phi) is 4.04. The molecule has 2 aromatic heterocycles. The first-order chi connectivity index (χ1) is 16.3. The van der Waals surface area contributed by atoms with Crippen LogP contribution in [0.3, 0.4) is 0 Å². The molecule has 5 heteroatoms. The summed E-state index contributed by atoms with van der Waals surface area (Å²) in [4.78, 5) is 0. The quantitative estimate of drug-likeness (QED) is 0.294. The van der Waals surface area contributed by atoms with Gasteiger partial charge in [-0.25, -0.2) is 0 Å². The van der Waals surface area contributed by atoms with Crippen molar-refractivity contribution in [2.24, 2.45) is 0 Å². The third-order valence-electron chi connectivity index (χ3n) is 6.42. The first kappa shape index (κ1) is 18.7. The van der Waals surface area contributed by atoms with Crippen LogP contribution in [0.2, 0.25) is 0 Å². The van der Waals surface area contributed by atoms with Crippen molar-refractivity contribution >= 4 is 71.8 Å². The number of hydrogen-bond acceptors (Lipinski definition) is 3. The molecular formula is C28H17BNO2S. The maximum Gasteiger partial charge on any atom is 0.569 e. The Hall–Kier alpha value is -3.80. The number of nitrogens with zero attached hydrogens (tertiary/aromatic N) is 1. The Bertz CT molecular complexity index is 1840. The number of thiophene rings is 1. The molecule has 0 fully saturated rings. The van der Waals surface area contributed by atoms with E-state index in [4.69, 9.17) is 9.68 Å². The number of benzene rings is 5. The predicted molar refractivity (Wildman–Crippen MR) is 140 cm³/mol. The van der Waals surface area contributed by atoms with Crippen LogP contribution in [-0.2, 0) is 0 Å². The summed E-state index contributed by atoms with van der Waals surface area (Å²) in [5.41, 5.74) is 3.37. The average molecular weight is 442 g/mol. The molecule has 0 amide bonds. The fourth-order valence-electron chi connectivity index (χ4n) is 4.99. The topological polar surface area (TPSA) is 34.4 Å². The summed E-state index contributed by atoms with van der Waals surface area (Å²) in [5, 5.41) is 16.5. The summed E-state index contributed by atoms with van der Waals surface area (Å²) in [5.74, 6) is 0.608. The lowest BCUT2D eigenvalue weighted by Crippen LogP contribution is -1.99. The highest BCUT2D eigenvalue weighted by atomic mass is 32.1. The molecule has 0 saturated heterocycles. The molecule has 33 heavy (non-hydrogen) atoms. The molecule has 0 spiro atoms. The Morgan fingerprint density at radius 3 is 2.36 bits per heavy atom. The van der Waals surface area contributed by atoms with Gasteiger partial charge in [-0.3, -0.25) is 0 Å². The molecule has 7 rings (SSSR count). The Labute approximate surface area is 194 Å². The number of para-hydroxylation sites is 1. The van der Waals surface area contributed by atoms with Crippen molar-refractivity contribution in [1.29, 1.82) is 0 Å². The van der Waals surface area contributed by atoms with Crippen molar-refractivity contribution in [3.63, 3.8) is 0 Å². The van der Waals surface area contributed by atoms with Gasteiger partial charge in [0, 0.05) is 42.0 Å². The molecule has 5 aromatic carbocycles. The van der Waals surface area contributed by atoms with Gasteiger partial charge in [0.1, 0.15) is 5.75 Å². The minimum Gasteiger partial charge on any atom is -0.537 e. The van der Waals surface area contributed by atoms with Crippen LogP contribution in [0.25, 0.3) is 58.4 Å². The van der Waals surface area contributed by atoms with Crippen LogP contribution in [0.4, 0.5) is 0 Å². The Balaban J connectivity index is 1.65. The zero-order valence-electron chi connectivity index (χ0n) is 17.5. The van der Waals surface area contributed by atoms with Crippen LogP contribution >= 0.6 is 11.3 Å². The van der Waals surface area contributed by atoms with Gasteiger partial charge in [-0.05, 0) is 53.9 Å². The number of hydrogen-bond donors (Lipinski definition) is 1. The van der Waals surface area contributed by atoms with Crippen molar-refractivity contribution in [3.05, 3.63) is 97.1 Å². The molecule has 7 aromatic rings. The summed E-state index contributed by atoms with van der Waals surface area (Å²) in [6.07, 6.45) is 0. The van der Waals surface area contributed by atoms with Crippen molar-refractivity contribution in [2.75, 3.05) is 0 Å². The molecule has 2 heterocycles. The van der Waals surface area contributed by atoms with E-state index in [-0.39, 0.29) is 0 Å². The van der Waals surface area contributed by atoms with Crippen LogP contribution in [0.5, 0.6) is 5.75 Å². The molecule has 0 bridgehead atoms. The number of aromatic nitrogens is 1.